The molecule has 4 heterocycles. The van der Waals surface area contributed by atoms with E-state index in [1.54, 1.807) is 12.4 Å². The SMILES string of the molecule is c1cncc(-c2ncc3c(n2)CN(Cc2ccc[nH]2)CC3)c1. The van der Waals surface area contributed by atoms with E-state index in [-0.39, 0.29) is 0 Å². The van der Waals surface area contributed by atoms with Crippen LogP contribution in [0, 0.1) is 0 Å². The minimum Gasteiger partial charge on any atom is -0.364 e. The van der Waals surface area contributed by atoms with E-state index in [1.807, 2.05) is 30.6 Å². The Hall–Kier alpha value is -2.53. The van der Waals surface area contributed by atoms with Crippen molar-refractivity contribution in [2.75, 3.05) is 6.54 Å². The lowest BCUT2D eigenvalue weighted by Crippen LogP contribution is -2.31. The van der Waals surface area contributed by atoms with Gasteiger partial charge in [0.1, 0.15) is 0 Å². The lowest BCUT2D eigenvalue weighted by atomic mass is 10.1. The summed E-state index contributed by atoms with van der Waals surface area (Å²) in [4.78, 5) is 19.1. The third-order valence-corrected chi connectivity index (χ3v) is 4.00. The number of pyridine rings is 1. The van der Waals surface area contributed by atoms with Gasteiger partial charge in [0, 0.05) is 55.7 Å². The molecule has 0 saturated heterocycles. The van der Waals surface area contributed by atoms with Crippen molar-refractivity contribution < 1.29 is 0 Å². The van der Waals surface area contributed by atoms with Gasteiger partial charge in [-0.1, -0.05) is 0 Å². The van der Waals surface area contributed by atoms with Gasteiger partial charge in [-0.2, -0.15) is 0 Å². The predicted molar refractivity (Wildman–Crippen MR) is 83.9 cm³/mol. The third kappa shape index (κ3) is 2.63. The van der Waals surface area contributed by atoms with Gasteiger partial charge in [-0.15, -0.1) is 0 Å². The molecule has 0 radical (unpaired) electrons. The number of aromatic nitrogens is 4. The molecule has 1 aliphatic rings. The molecule has 0 spiro atoms. The van der Waals surface area contributed by atoms with Gasteiger partial charge in [-0.25, -0.2) is 9.97 Å². The standard InChI is InChI=1S/C17H17N5/c1-3-14(9-18-6-1)17-20-10-13-5-8-22(12-16(13)21-17)11-15-4-2-7-19-15/h1-4,6-7,9-10,19H,5,8,11-12H2. The first-order valence-corrected chi connectivity index (χ1v) is 7.48. The van der Waals surface area contributed by atoms with Gasteiger partial charge in [-0.3, -0.25) is 9.88 Å². The molecule has 0 atom stereocenters. The maximum atomic E-state index is 4.76. The largest absolute Gasteiger partial charge is 0.364 e. The summed E-state index contributed by atoms with van der Waals surface area (Å²) in [5.74, 6) is 0.758. The van der Waals surface area contributed by atoms with Crippen LogP contribution in [0.5, 0.6) is 0 Å². The Bertz CT molecular complexity index is 752. The lowest BCUT2D eigenvalue weighted by molar-refractivity contribution is 0.239. The molecule has 5 nitrogen and oxygen atoms in total. The monoisotopic (exact) mass is 291 g/mol. The van der Waals surface area contributed by atoms with Crippen LogP contribution in [0.25, 0.3) is 11.4 Å². The number of fused-ring (bicyclic) bond motifs is 1. The van der Waals surface area contributed by atoms with Gasteiger partial charge in [0.15, 0.2) is 5.82 Å². The number of hydrogen-bond donors (Lipinski definition) is 1. The average molecular weight is 291 g/mol. The number of H-pyrrole nitrogens is 1. The summed E-state index contributed by atoms with van der Waals surface area (Å²) >= 11 is 0. The van der Waals surface area contributed by atoms with Crippen LogP contribution in [0.3, 0.4) is 0 Å². The van der Waals surface area contributed by atoms with Crippen molar-refractivity contribution in [3.63, 3.8) is 0 Å². The minimum atomic E-state index is 0.758. The zero-order chi connectivity index (χ0) is 14.8. The highest BCUT2D eigenvalue weighted by Crippen LogP contribution is 2.21. The van der Waals surface area contributed by atoms with Gasteiger partial charge in [-0.05, 0) is 36.2 Å². The molecule has 1 N–H and O–H groups in total. The predicted octanol–water partition coefficient (Wildman–Crippen LogP) is 2.43. The third-order valence-electron chi connectivity index (χ3n) is 4.00. The Morgan fingerprint density at radius 3 is 3.00 bits per heavy atom. The second-order valence-electron chi connectivity index (χ2n) is 5.56. The quantitative estimate of drug-likeness (QED) is 0.805. The topological polar surface area (TPSA) is 57.7 Å². The number of hydrogen-bond acceptors (Lipinski definition) is 4. The fraction of sp³-hybridized carbons (Fsp3) is 0.235. The Labute approximate surface area is 129 Å². The highest BCUT2D eigenvalue weighted by atomic mass is 15.1. The maximum absolute atomic E-state index is 4.76. The summed E-state index contributed by atoms with van der Waals surface area (Å²) < 4.78 is 0. The van der Waals surface area contributed by atoms with Crippen LogP contribution in [0.4, 0.5) is 0 Å². The van der Waals surface area contributed by atoms with Crippen LogP contribution in [0.1, 0.15) is 17.0 Å². The van der Waals surface area contributed by atoms with Crippen molar-refractivity contribution in [1.29, 1.82) is 0 Å². The summed E-state index contributed by atoms with van der Waals surface area (Å²) in [6.45, 7) is 2.84. The maximum Gasteiger partial charge on any atom is 0.160 e. The van der Waals surface area contributed by atoms with Crippen molar-refractivity contribution in [2.24, 2.45) is 0 Å². The first-order valence-electron chi connectivity index (χ1n) is 7.48. The van der Waals surface area contributed by atoms with Crippen molar-refractivity contribution in [3.8, 4) is 11.4 Å². The van der Waals surface area contributed by atoms with E-state index in [4.69, 9.17) is 4.98 Å². The first kappa shape index (κ1) is 13.2. The van der Waals surface area contributed by atoms with Gasteiger partial charge in [0.2, 0.25) is 0 Å². The summed E-state index contributed by atoms with van der Waals surface area (Å²) in [5, 5.41) is 0. The second kappa shape index (κ2) is 5.69. The fourth-order valence-electron chi connectivity index (χ4n) is 2.83. The summed E-state index contributed by atoms with van der Waals surface area (Å²) in [6.07, 6.45) is 8.51. The molecule has 3 aromatic rings. The molecule has 0 bridgehead atoms. The Kier molecular flexibility index (Phi) is 3.40. The highest BCUT2D eigenvalue weighted by Gasteiger charge is 2.19. The normalized spacial score (nSPS) is 14.7. The van der Waals surface area contributed by atoms with E-state index in [0.29, 0.717) is 0 Å². The van der Waals surface area contributed by atoms with Gasteiger partial charge in [0.05, 0.1) is 5.69 Å². The van der Waals surface area contributed by atoms with Gasteiger partial charge >= 0.3 is 0 Å². The van der Waals surface area contributed by atoms with Crippen LogP contribution < -0.4 is 0 Å². The average Bonchev–Trinajstić information content (AvgIpc) is 3.08. The molecule has 3 aromatic heterocycles. The van der Waals surface area contributed by atoms with Crippen molar-refractivity contribution >= 4 is 0 Å². The number of rotatable bonds is 3. The second-order valence-corrected chi connectivity index (χ2v) is 5.56. The molecule has 0 amide bonds. The van der Waals surface area contributed by atoms with Crippen LogP contribution in [-0.4, -0.2) is 31.4 Å². The van der Waals surface area contributed by atoms with Gasteiger partial charge < -0.3 is 4.98 Å². The van der Waals surface area contributed by atoms with Crippen LogP contribution in [-0.2, 0) is 19.5 Å². The number of nitrogens with zero attached hydrogens (tertiary/aromatic N) is 4. The van der Waals surface area contributed by atoms with E-state index in [1.165, 1.54) is 11.3 Å². The van der Waals surface area contributed by atoms with Gasteiger partial charge in [0.25, 0.3) is 0 Å². The molecule has 5 heteroatoms. The van der Waals surface area contributed by atoms with E-state index in [2.05, 4.69) is 25.9 Å². The van der Waals surface area contributed by atoms with Crippen LogP contribution >= 0.6 is 0 Å². The lowest BCUT2D eigenvalue weighted by Gasteiger charge is -2.27. The summed E-state index contributed by atoms with van der Waals surface area (Å²) in [7, 11) is 0. The van der Waals surface area contributed by atoms with E-state index < -0.39 is 0 Å². The van der Waals surface area contributed by atoms with Crippen molar-refractivity contribution in [2.45, 2.75) is 19.5 Å². The molecular weight excluding hydrogens is 274 g/mol. The Morgan fingerprint density at radius 2 is 2.18 bits per heavy atom. The molecular formula is C17H17N5. The molecule has 0 fully saturated rings. The highest BCUT2D eigenvalue weighted by molar-refractivity contribution is 5.53. The zero-order valence-electron chi connectivity index (χ0n) is 12.2. The zero-order valence-corrected chi connectivity index (χ0v) is 12.2. The van der Waals surface area contributed by atoms with E-state index in [9.17, 15) is 0 Å². The fourth-order valence-corrected chi connectivity index (χ4v) is 2.83. The molecule has 1 aliphatic heterocycles. The molecule has 0 saturated carbocycles. The van der Waals surface area contributed by atoms with Crippen LogP contribution in [0.2, 0.25) is 0 Å². The smallest absolute Gasteiger partial charge is 0.160 e. The Balaban J connectivity index is 1.58. The molecule has 4 rings (SSSR count). The van der Waals surface area contributed by atoms with Crippen LogP contribution in [0.15, 0.2) is 49.1 Å². The number of nitrogens with one attached hydrogen (secondary N) is 1. The summed E-state index contributed by atoms with van der Waals surface area (Å²) in [5.41, 5.74) is 4.60. The molecule has 0 aliphatic carbocycles. The van der Waals surface area contributed by atoms with Crippen molar-refractivity contribution in [3.05, 3.63) is 66.0 Å². The minimum absolute atomic E-state index is 0.758. The summed E-state index contributed by atoms with van der Waals surface area (Å²) in [6, 6.07) is 8.07. The molecule has 0 unspecified atom stereocenters. The molecule has 22 heavy (non-hydrogen) atoms. The van der Waals surface area contributed by atoms with E-state index >= 15 is 0 Å². The number of aromatic amines is 1. The molecule has 0 aromatic carbocycles. The van der Waals surface area contributed by atoms with Crippen molar-refractivity contribution in [1.82, 2.24) is 24.8 Å². The molecule has 110 valence electrons. The Morgan fingerprint density at radius 1 is 1.18 bits per heavy atom. The van der Waals surface area contributed by atoms with E-state index in [0.717, 1.165) is 43.1 Å². The first-order chi connectivity index (χ1) is 10.9.